The van der Waals surface area contributed by atoms with E-state index in [1.807, 2.05) is 0 Å². The summed E-state index contributed by atoms with van der Waals surface area (Å²) in [4.78, 5) is 3.54. The molecule has 0 saturated carbocycles. The van der Waals surface area contributed by atoms with Gasteiger partial charge in [-0.25, -0.2) is 22.2 Å². The number of halogens is 5. The maximum Gasteiger partial charge on any atom is 0.421 e. The third kappa shape index (κ3) is 4.35. The predicted octanol–water partition coefficient (Wildman–Crippen LogP) is 2.97. The van der Waals surface area contributed by atoms with Crippen LogP contribution in [0.4, 0.5) is 22.0 Å². The van der Waals surface area contributed by atoms with Crippen LogP contribution in [0.2, 0.25) is 0 Å². The minimum absolute atomic E-state index is 0.215. The molecule has 1 aliphatic rings. The van der Waals surface area contributed by atoms with E-state index in [4.69, 9.17) is 4.74 Å². The Hall–Kier alpha value is -2.27. The third-order valence-electron chi connectivity index (χ3n) is 3.91. The average Bonchev–Trinajstić information content (AvgIpc) is 2.53. The number of nitrogens with zero attached hydrogens (tertiary/aromatic N) is 2. The number of hydrogen-bond acceptors (Lipinski definition) is 4. The topological polar surface area (TPSA) is 59.5 Å². The molecule has 1 aromatic heterocycles. The summed E-state index contributed by atoms with van der Waals surface area (Å²) in [6.07, 6.45) is -4.36. The Labute approximate surface area is 151 Å². The van der Waals surface area contributed by atoms with E-state index in [1.54, 1.807) is 0 Å². The van der Waals surface area contributed by atoms with Crippen LogP contribution >= 0.6 is 0 Å². The molecule has 0 amide bonds. The summed E-state index contributed by atoms with van der Waals surface area (Å²) in [6, 6.07) is 4.39. The van der Waals surface area contributed by atoms with Gasteiger partial charge in [0.1, 0.15) is 23.3 Å². The molecule has 11 heteroatoms. The molecular formula is C16H13F5N2O3S. The molecule has 0 spiro atoms. The van der Waals surface area contributed by atoms with Gasteiger partial charge in [-0.2, -0.15) is 17.5 Å². The Morgan fingerprint density at radius 2 is 1.89 bits per heavy atom. The van der Waals surface area contributed by atoms with Gasteiger partial charge in [0, 0.05) is 11.8 Å². The van der Waals surface area contributed by atoms with E-state index in [-0.39, 0.29) is 18.7 Å². The smallest absolute Gasteiger partial charge is 0.421 e. The fourth-order valence-corrected chi connectivity index (χ4v) is 4.09. The zero-order valence-corrected chi connectivity index (χ0v) is 14.4. The summed E-state index contributed by atoms with van der Waals surface area (Å²) in [5.41, 5.74) is -1.39. The van der Waals surface area contributed by atoms with Gasteiger partial charge in [-0.1, -0.05) is 0 Å². The molecule has 3 rings (SSSR count). The lowest BCUT2D eigenvalue weighted by Crippen LogP contribution is -2.56. The van der Waals surface area contributed by atoms with E-state index in [0.717, 1.165) is 40.8 Å². The largest absolute Gasteiger partial charge is 0.471 e. The van der Waals surface area contributed by atoms with Crippen molar-refractivity contribution >= 4 is 10.0 Å². The molecule has 0 aliphatic carbocycles. The lowest BCUT2D eigenvalue weighted by Gasteiger charge is -2.37. The van der Waals surface area contributed by atoms with Gasteiger partial charge in [-0.15, -0.1) is 0 Å². The maximum absolute atomic E-state index is 13.6. The molecule has 1 aromatic carbocycles. The van der Waals surface area contributed by atoms with Crippen molar-refractivity contribution in [2.75, 3.05) is 13.1 Å². The van der Waals surface area contributed by atoms with E-state index in [1.165, 1.54) is 0 Å². The van der Waals surface area contributed by atoms with Gasteiger partial charge in [-0.05, 0) is 30.3 Å². The van der Waals surface area contributed by atoms with Crippen LogP contribution in [-0.4, -0.2) is 36.9 Å². The van der Waals surface area contributed by atoms with Crippen molar-refractivity contribution in [2.24, 2.45) is 0 Å². The minimum atomic E-state index is -4.66. The van der Waals surface area contributed by atoms with E-state index in [2.05, 4.69) is 4.98 Å². The molecule has 0 atom stereocenters. The Kier molecular flexibility index (Phi) is 5.08. The fourth-order valence-electron chi connectivity index (χ4n) is 2.50. The predicted molar refractivity (Wildman–Crippen MR) is 84.2 cm³/mol. The van der Waals surface area contributed by atoms with Gasteiger partial charge in [0.05, 0.1) is 18.8 Å². The van der Waals surface area contributed by atoms with Crippen molar-refractivity contribution in [3.63, 3.8) is 0 Å². The molecule has 1 aliphatic heterocycles. The van der Waals surface area contributed by atoms with Crippen molar-refractivity contribution in [3.8, 4) is 5.88 Å². The van der Waals surface area contributed by atoms with Gasteiger partial charge in [0.25, 0.3) is 0 Å². The van der Waals surface area contributed by atoms with Crippen molar-refractivity contribution in [1.29, 1.82) is 0 Å². The number of sulfonamides is 1. The van der Waals surface area contributed by atoms with Crippen LogP contribution in [0.5, 0.6) is 5.88 Å². The standard InChI is InChI=1S/C16H13F5N2O3S/c17-11-3-4-14(18)10(6-11)9-27(24,25)23-7-12(8-23)26-15-13(16(19,20)21)2-1-5-22-15/h1-6,12H,7-9H2. The molecule has 0 radical (unpaired) electrons. The summed E-state index contributed by atoms with van der Waals surface area (Å²) in [5, 5.41) is 0. The highest BCUT2D eigenvalue weighted by Gasteiger charge is 2.40. The highest BCUT2D eigenvalue weighted by molar-refractivity contribution is 7.88. The first-order chi connectivity index (χ1) is 12.6. The fraction of sp³-hybridized carbons (Fsp3) is 0.312. The van der Waals surface area contributed by atoms with Crippen LogP contribution in [0, 0.1) is 11.6 Å². The van der Waals surface area contributed by atoms with Crippen molar-refractivity contribution < 1.29 is 35.1 Å². The van der Waals surface area contributed by atoms with Crippen LogP contribution in [0.15, 0.2) is 36.5 Å². The lowest BCUT2D eigenvalue weighted by atomic mass is 10.2. The summed E-state index contributed by atoms with van der Waals surface area (Å²) >= 11 is 0. The zero-order valence-electron chi connectivity index (χ0n) is 13.6. The molecular weight excluding hydrogens is 395 g/mol. The molecule has 27 heavy (non-hydrogen) atoms. The zero-order chi connectivity index (χ0) is 19.8. The molecule has 5 nitrogen and oxygen atoms in total. The number of hydrogen-bond donors (Lipinski definition) is 0. The SMILES string of the molecule is O=S(=O)(Cc1cc(F)ccc1F)N1CC(Oc2ncccc2C(F)(F)F)C1. The van der Waals surface area contributed by atoms with Crippen molar-refractivity contribution in [3.05, 3.63) is 59.3 Å². The molecule has 0 unspecified atom stereocenters. The van der Waals surface area contributed by atoms with E-state index in [0.29, 0.717) is 0 Å². The van der Waals surface area contributed by atoms with E-state index < -0.39 is 51.1 Å². The molecule has 0 N–H and O–H groups in total. The van der Waals surface area contributed by atoms with Gasteiger partial charge < -0.3 is 4.74 Å². The minimum Gasteiger partial charge on any atom is -0.471 e. The first-order valence-electron chi connectivity index (χ1n) is 7.67. The summed E-state index contributed by atoms with van der Waals surface area (Å²) in [6.45, 7) is -0.430. The van der Waals surface area contributed by atoms with E-state index >= 15 is 0 Å². The molecule has 146 valence electrons. The lowest BCUT2D eigenvalue weighted by molar-refractivity contribution is -0.140. The van der Waals surface area contributed by atoms with Gasteiger partial charge >= 0.3 is 6.18 Å². The molecule has 0 bridgehead atoms. The number of rotatable bonds is 5. The van der Waals surface area contributed by atoms with Crippen LogP contribution in [0.3, 0.4) is 0 Å². The highest BCUT2D eigenvalue weighted by atomic mass is 32.2. The summed E-state index contributed by atoms with van der Waals surface area (Å²) < 4.78 is 96.1. The second-order valence-corrected chi connectivity index (χ2v) is 7.87. The number of benzene rings is 1. The number of pyridine rings is 1. The van der Waals surface area contributed by atoms with Gasteiger partial charge in [0.15, 0.2) is 0 Å². The third-order valence-corrected chi connectivity index (χ3v) is 5.67. The van der Waals surface area contributed by atoms with Crippen molar-refractivity contribution in [1.82, 2.24) is 9.29 Å². The normalized spacial score (nSPS) is 16.2. The second kappa shape index (κ2) is 7.04. The van der Waals surface area contributed by atoms with Crippen LogP contribution in [0.25, 0.3) is 0 Å². The second-order valence-electron chi connectivity index (χ2n) is 5.90. The first kappa shape index (κ1) is 19.5. The van der Waals surface area contributed by atoms with Gasteiger partial charge in [0.2, 0.25) is 15.9 Å². The van der Waals surface area contributed by atoms with Crippen LogP contribution < -0.4 is 4.74 Å². The number of alkyl halides is 3. The van der Waals surface area contributed by atoms with Crippen LogP contribution in [-0.2, 0) is 22.0 Å². The summed E-state index contributed by atoms with van der Waals surface area (Å²) in [7, 11) is -3.98. The van der Waals surface area contributed by atoms with E-state index in [9.17, 15) is 30.4 Å². The van der Waals surface area contributed by atoms with Gasteiger partial charge in [-0.3, -0.25) is 0 Å². The average molecular weight is 408 g/mol. The quantitative estimate of drug-likeness (QED) is 0.714. The first-order valence-corrected chi connectivity index (χ1v) is 9.28. The Balaban J connectivity index is 1.65. The molecule has 1 saturated heterocycles. The highest BCUT2D eigenvalue weighted by Crippen LogP contribution is 2.35. The van der Waals surface area contributed by atoms with Crippen molar-refractivity contribution in [2.45, 2.75) is 18.0 Å². The number of aromatic nitrogens is 1. The molecule has 2 heterocycles. The maximum atomic E-state index is 13.6. The Morgan fingerprint density at radius 1 is 1.19 bits per heavy atom. The monoisotopic (exact) mass is 408 g/mol. The van der Waals surface area contributed by atoms with Crippen LogP contribution in [0.1, 0.15) is 11.1 Å². The Morgan fingerprint density at radius 3 is 2.56 bits per heavy atom. The Bertz CT molecular complexity index is 943. The molecule has 2 aromatic rings. The summed E-state index contributed by atoms with van der Waals surface area (Å²) in [5.74, 6) is -3.04. The molecule has 1 fully saturated rings. The number of ether oxygens (including phenoxy) is 1.